The Labute approximate surface area is 116 Å². The zero-order valence-corrected chi connectivity index (χ0v) is 11.5. The van der Waals surface area contributed by atoms with Gasteiger partial charge >= 0.3 is 0 Å². The Morgan fingerprint density at radius 2 is 2.10 bits per heavy atom. The molecule has 0 radical (unpaired) electrons. The molecule has 3 rings (SSSR count). The summed E-state index contributed by atoms with van der Waals surface area (Å²) in [5.41, 5.74) is 9.84. The summed E-state index contributed by atoms with van der Waals surface area (Å²) in [6.45, 7) is 2.75. The van der Waals surface area contributed by atoms with Crippen LogP contribution in [0.25, 0.3) is 11.3 Å². The minimum absolute atomic E-state index is 0.517. The van der Waals surface area contributed by atoms with Gasteiger partial charge in [0.25, 0.3) is 0 Å². The van der Waals surface area contributed by atoms with Crippen molar-refractivity contribution in [2.24, 2.45) is 7.05 Å². The van der Waals surface area contributed by atoms with E-state index >= 15 is 0 Å². The van der Waals surface area contributed by atoms with Crippen LogP contribution in [-0.2, 0) is 13.6 Å². The molecular formula is C14H16N6. The van der Waals surface area contributed by atoms with Crippen LogP contribution in [0, 0.1) is 6.92 Å². The average molecular weight is 268 g/mol. The second-order valence-corrected chi connectivity index (χ2v) is 4.79. The molecule has 0 atom stereocenters. The average Bonchev–Trinajstić information content (AvgIpc) is 2.98. The number of nitrogens with two attached hydrogens (primary N) is 1. The van der Waals surface area contributed by atoms with Crippen LogP contribution in [0.15, 0.2) is 37.1 Å². The van der Waals surface area contributed by atoms with Gasteiger partial charge < -0.3 is 10.3 Å². The Bertz CT molecular complexity index is 722. The van der Waals surface area contributed by atoms with E-state index in [1.807, 2.05) is 43.4 Å². The maximum Gasteiger partial charge on any atom is 0.123 e. The Morgan fingerprint density at radius 1 is 1.25 bits per heavy atom. The normalized spacial score (nSPS) is 10.9. The quantitative estimate of drug-likeness (QED) is 0.783. The number of rotatable bonds is 3. The number of aryl methyl sites for hydroxylation is 2. The summed E-state index contributed by atoms with van der Waals surface area (Å²) in [4.78, 5) is 8.36. The van der Waals surface area contributed by atoms with E-state index in [-0.39, 0.29) is 0 Å². The lowest BCUT2D eigenvalue weighted by Crippen LogP contribution is -2.01. The molecule has 6 nitrogen and oxygen atoms in total. The van der Waals surface area contributed by atoms with Crippen molar-refractivity contribution in [3.8, 4) is 11.3 Å². The van der Waals surface area contributed by atoms with Crippen molar-refractivity contribution in [1.29, 1.82) is 0 Å². The number of pyridine rings is 1. The molecule has 3 aromatic heterocycles. The number of hydrogen-bond acceptors (Lipinski definition) is 4. The van der Waals surface area contributed by atoms with E-state index in [9.17, 15) is 0 Å². The Morgan fingerprint density at radius 3 is 2.75 bits per heavy atom. The van der Waals surface area contributed by atoms with Gasteiger partial charge in [0.1, 0.15) is 5.82 Å². The summed E-state index contributed by atoms with van der Waals surface area (Å²) in [5, 5.41) is 4.36. The summed E-state index contributed by atoms with van der Waals surface area (Å²) in [7, 11) is 1.93. The van der Waals surface area contributed by atoms with Crippen LogP contribution in [0.5, 0.6) is 0 Å². The van der Waals surface area contributed by atoms with Gasteiger partial charge in [0, 0.05) is 30.6 Å². The second kappa shape index (κ2) is 4.80. The Kier molecular flexibility index (Phi) is 2.98. The molecule has 0 saturated carbocycles. The minimum Gasteiger partial charge on any atom is -0.384 e. The van der Waals surface area contributed by atoms with Crippen LogP contribution in [0.3, 0.4) is 0 Å². The van der Waals surface area contributed by atoms with Gasteiger partial charge in [-0.2, -0.15) is 5.10 Å². The summed E-state index contributed by atoms with van der Waals surface area (Å²) >= 11 is 0. The number of imidazole rings is 1. The lowest BCUT2D eigenvalue weighted by molar-refractivity contribution is 0.755. The van der Waals surface area contributed by atoms with Crippen molar-refractivity contribution < 1.29 is 0 Å². The standard InChI is InChI=1S/C14H16N6/c1-10-12(7-19(2)18-10)8-20-9-16-6-13(20)11-3-4-14(15)17-5-11/h3-7,9H,8H2,1-2H3,(H2,15,17). The molecule has 0 aromatic carbocycles. The summed E-state index contributed by atoms with van der Waals surface area (Å²) in [6, 6.07) is 3.74. The van der Waals surface area contributed by atoms with Gasteiger partial charge in [-0.3, -0.25) is 4.68 Å². The molecule has 6 heteroatoms. The van der Waals surface area contributed by atoms with Crippen LogP contribution < -0.4 is 5.73 Å². The van der Waals surface area contributed by atoms with Crippen LogP contribution in [0.1, 0.15) is 11.3 Å². The molecule has 0 bridgehead atoms. The first-order valence-electron chi connectivity index (χ1n) is 6.34. The fourth-order valence-corrected chi connectivity index (χ4v) is 2.23. The first-order chi connectivity index (χ1) is 9.63. The maximum absolute atomic E-state index is 5.62. The number of aromatic nitrogens is 5. The molecule has 3 aromatic rings. The van der Waals surface area contributed by atoms with Crippen molar-refractivity contribution in [3.63, 3.8) is 0 Å². The molecule has 0 unspecified atom stereocenters. The fourth-order valence-electron chi connectivity index (χ4n) is 2.23. The van der Waals surface area contributed by atoms with Gasteiger partial charge in [-0.05, 0) is 19.1 Å². The third-order valence-corrected chi connectivity index (χ3v) is 3.25. The van der Waals surface area contributed by atoms with E-state index in [1.165, 1.54) is 5.56 Å². The molecule has 102 valence electrons. The van der Waals surface area contributed by atoms with Gasteiger partial charge in [-0.25, -0.2) is 9.97 Å². The van der Waals surface area contributed by atoms with Gasteiger partial charge in [-0.15, -0.1) is 0 Å². The van der Waals surface area contributed by atoms with E-state index in [0.717, 1.165) is 23.5 Å². The SMILES string of the molecule is Cc1nn(C)cc1Cn1cncc1-c1ccc(N)nc1. The van der Waals surface area contributed by atoms with Crippen molar-refractivity contribution in [2.75, 3.05) is 5.73 Å². The number of anilines is 1. The molecule has 3 heterocycles. The highest BCUT2D eigenvalue weighted by Gasteiger charge is 2.09. The highest BCUT2D eigenvalue weighted by Crippen LogP contribution is 2.20. The van der Waals surface area contributed by atoms with Crippen LogP contribution in [0.4, 0.5) is 5.82 Å². The largest absolute Gasteiger partial charge is 0.384 e. The number of hydrogen-bond donors (Lipinski definition) is 1. The first-order valence-corrected chi connectivity index (χ1v) is 6.34. The molecule has 0 aliphatic carbocycles. The Balaban J connectivity index is 1.94. The lowest BCUT2D eigenvalue weighted by Gasteiger charge is -2.07. The third kappa shape index (κ3) is 2.27. The number of nitrogens with zero attached hydrogens (tertiary/aromatic N) is 5. The second-order valence-electron chi connectivity index (χ2n) is 4.79. The fraction of sp³-hybridized carbons (Fsp3) is 0.214. The molecule has 0 spiro atoms. The van der Waals surface area contributed by atoms with E-state index in [0.29, 0.717) is 5.82 Å². The molecule has 2 N–H and O–H groups in total. The molecule has 0 amide bonds. The van der Waals surface area contributed by atoms with Crippen molar-refractivity contribution in [3.05, 3.63) is 48.3 Å². The summed E-state index contributed by atoms with van der Waals surface area (Å²) in [5.74, 6) is 0.517. The molecule has 0 fully saturated rings. The molecule has 0 saturated heterocycles. The maximum atomic E-state index is 5.62. The van der Waals surface area contributed by atoms with Crippen LogP contribution >= 0.6 is 0 Å². The zero-order chi connectivity index (χ0) is 14.1. The molecular weight excluding hydrogens is 252 g/mol. The lowest BCUT2D eigenvalue weighted by atomic mass is 10.2. The highest BCUT2D eigenvalue weighted by atomic mass is 15.3. The molecule has 0 aliphatic rings. The van der Waals surface area contributed by atoms with Gasteiger partial charge in [0.05, 0.1) is 30.5 Å². The first kappa shape index (κ1) is 12.4. The third-order valence-electron chi connectivity index (χ3n) is 3.25. The van der Waals surface area contributed by atoms with Crippen LogP contribution in [0.2, 0.25) is 0 Å². The van der Waals surface area contributed by atoms with E-state index in [4.69, 9.17) is 5.73 Å². The smallest absolute Gasteiger partial charge is 0.123 e. The van der Waals surface area contributed by atoms with Gasteiger partial charge in [0.15, 0.2) is 0 Å². The monoisotopic (exact) mass is 268 g/mol. The predicted molar refractivity (Wildman–Crippen MR) is 76.9 cm³/mol. The van der Waals surface area contributed by atoms with E-state index < -0.39 is 0 Å². The summed E-state index contributed by atoms with van der Waals surface area (Å²) < 4.78 is 3.91. The van der Waals surface area contributed by atoms with Crippen molar-refractivity contribution in [2.45, 2.75) is 13.5 Å². The summed E-state index contributed by atoms with van der Waals surface area (Å²) in [6.07, 6.45) is 7.44. The minimum atomic E-state index is 0.517. The van der Waals surface area contributed by atoms with Gasteiger partial charge in [0.2, 0.25) is 0 Å². The zero-order valence-electron chi connectivity index (χ0n) is 11.5. The molecule has 0 aliphatic heterocycles. The molecule has 20 heavy (non-hydrogen) atoms. The van der Waals surface area contributed by atoms with Crippen LogP contribution in [-0.4, -0.2) is 24.3 Å². The topological polar surface area (TPSA) is 74.5 Å². The Hall–Kier alpha value is -2.63. The van der Waals surface area contributed by atoms with E-state index in [2.05, 4.69) is 19.6 Å². The predicted octanol–water partition coefficient (Wildman–Crippen LogP) is 1.62. The highest BCUT2D eigenvalue weighted by molar-refractivity contribution is 5.59. The van der Waals surface area contributed by atoms with Crippen molar-refractivity contribution >= 4 is 5.82 Å². The van der Waals surface area contributed by atoms with E-state index in [1.54, 1.807) is 12.3 Å². The van der Waals surface area contributed by atoms with Gasteiger partial charge in [-0.1, -0.05) is 0 Å². The number of nitrogen functional groups attached to an aromatic ring is 1. The van der Waals surface area contributed by atoms with Crippen molar-refractivity contribution in [1.82, 2.24) is 24.3 Å².